The molecule has 2 rings (SSSR count). The van der Waals surface area contributed by atoms with Crippen LogP contribution in [0.2, 0.25) is 0 Å². The van der Waals surface area contributed by atoms with E-state index in [1.165, 1.54) is 5.56 Å². The van der Waals surface area contributed by atoms with Crippen molar-refractivity contribution in [1.29, 1.82) is 0 Å². The molecule has 0 unspecified atom stereocenters. The van der Waals surface area contributed by atoms with Crippen molar-refractivity contribution in [2.45, 2.75) is 12.8 Å². The molecule has 1 aliphatic heterocycles. The molecule has 0 radical (unpaired) electrons. The van der Waals surface area contributed by atoms with Crippen LogP contribution < -0.4 is 10.6 Å². The highest BCUT2D eigenvalue weighted by atomic mass is 16.1. The third kappa shape index (κ3) is 3.07. The van der Waals surface area contributed by atoms with Gasteiger partial charge in [0.05, 0.1) is 5.92 Å². The molecule has 86 valence electrons. The van der Waals surface area contributed by atoms with E-state index in [1.54, 1.807) is 0 Å². The summed E-state index contributed by atoms with van der Waals surface area (Å²) in [5.74, 6) is 0.372. The lowest BCUT2D eigenvalue weighted by Crippen LogP contribution is -2.33. The molecule has 1 fully saturated rings. The van der Waals surface area contributed by atoms with Crippen LogP contribution >= 0.6 is 0 Å². The Morgan fingerprint density at radius 2 is 2.19 bits per heavy atom. The first-order chi connectivity index (χ1) is 7.86. The van der Waals surface area contributed by atoms with Gasteiger partial charge in [-0.2, -0.15) is 0 Å². The minimum absolute atomic E-state index is 0.177. The van der Waals surface area contributed by atoms with Crippen molar-refractivity contribution in [2.24, 2.45) is 5.92 Å². The highest BCUT2D eigenvalue weighted by molar-refractivity contribution is 5.79. The average molecular weight is 218 g/mol. The first-order valence-electron chi connectivity index (χ1n) is 5.88. The lowest BCUT2D eigenvalue weighted by atomic mass is 10.1. The second-order valence-electron chi connectivity index (χ2n) is 4.22. The van der Waals surface area contributed by atoms with Gasteiger partial charge >= 0.3 is 0 Å². The smallest absolute Gasteiger partial charge is 0.224 e. The number of benzene rings is 1. The van der Waals surface area contributed by atoms with Crippen LogP contribution in [0.1, 0.15) is 12.0 Å². The molecule has 1 aliphatic rings. The standard InChI is InChI=1S/C13H18N2O/c16-13(12-7-8-14-10-12)15-9-6-11-4-2-1-3-5-11/h1-5,12,14H,6-10H2,(H,15,16)/t12-/m0/s1. The number of rotatable bonds is 4. The van der Waals surface area contributed by atoms with E-state index in [1.807, 2.05) is 18.2 Å². The largest absolute Gasteiger partial charge is 0.355 e. The molecule has 0 saturated carbocycles. The Morgan fingerprint density at radius 1 is 1.38 bits per heavy atom. The number of nitrogens with one attached hydrogen (secondary N) is 2. The molecule has 0 aliphatic carbocycles. The van der Waals surface area contributed by atoms with Crippen LogP contribution in [0, 0.1) is 5.92 Å². The maximum Gasteiger partial charge on any atom is 0.224 e. The number of hydrogen-bond donors (Lipinski definition) is 2. The van der Waals surface area contributed by atoms with Gasteiger partial charge in [0.15, 0.2) is 0 Å². The van der Waals surface area contributed by atoms with Crippen LogP contribution in [-0.2, 0) is 11.2 Å². The molecule has 0 bridgehead atoms. The number of carbonyl (C=O) groups excluding carboxylic acids is 1. The summed E-state index contributed by atoms with van der Waals surface area (Å²) in [6.07, 6.45) is 1.88. The van der Waals surface area contributed by atoms with E-state index >= 15 is 0 Å². The van der Waals surface area contributed by atoms with E-state index in [4.69, 9.17) is 0 Å². The predicted octanol–water partition coefficient (Wildman–Crippen LogP) is 0.955. The molecule has 0 aromatic heterocycles. The summed E-state index contributed by atoms with van der Waals surface area (Å²) in [7, 11) is 0. The fourth-order valence-corrected chi connectivity index (χ4v) is 2.00. The lowest BCUT2D eigenvalue weighted by molar-refractivity contribution is -0.124. The zero-order chi connectivity index (χ0) is 11.2. The monoisotopic (exact) mass is 218 g/mol. The topological polar surface area (TPSA) is 41.1 Å². The molecule has 3 heteroatoms. The predicted molar refractivity (Wildman–Crippen MR) is 64.1 cm³/mol. The van der Waals surface area contributed by atoms with Gasteiger partial charge in [0, 0.05) is 13.1 Å². The average Bonchev–Trinajstić information content (AvgIpc) is 2.84. The van der Waals surface area contributed by atoms with Gasteiger partial charge in [-0.25, -0.2) is 0 Å². The minimum atomic E-state index is 0.177. The highest BCUT2D eigenvalue weighted by Crippen LogP contribution is 2.07. The maximum absolute atomic E-state index is 11.7. The lowest BCUT2D eigenvalue weighted by Gasteiger charge is -2.09. The Hall–Kier alpha value is -1.35. The van der Waals surface area contributed by atoms with E-state index in [9.17, 15) is 4.79 Å². The summed E-state index contributed by atoms with van der Waals surface area (Å²) >= 11 is 0. The molecule has 3 nitrogen and oxygen atoms in total. The van der Waals surface area contributed by atoms with E-state index in [0.717, 1.165) is 32.5 Å². The molecular weight excluding hydrogens is 200 g/mol. The van der Waals surface area contributed by atoms with Crippen LogP contribution in [0.5, 0.6) is 0 Å². The van der Waals surface area contributed by atoms with Gasteiger partial charge in [0.25, 0.3) is 0 Å². The molecular formula is C13H18N2O. The maximum atomic E-state index is 11.7. The highest BCUT2D eigenvalue weighted by Gasteiger charge is 2.21. The quantitative estimate of drug-likeness (QED) is 0.790. The Balaban J connectivity index is 1.70. The van der Waals surface area contributed by atoms with Crippen LogP contribution in [-0.4, -0.2) is 25.5 Å². The third-order valence-electron chi connectivity index (χ3n) is 2.99. The van der Waals surface area contributed by atoms with Crippen molar-refractivity contribution in [3.63, 3.8) is 0 Å². The van der Waals surface area contributed by atoms with Gasteiger partial charge in [-0.1, -0.05) is 30.3 Å². The van der Waals surface area contributed by atoms with Crippen LogP contribution in [0.15, 0.2) is 30.3 Å². The SMILES string of the molecule is O=C(NCCc1ccccc1)[C@H]1CCNC1. The number of amides is 1. The molecule has 1 aromatic carbocycles. The normalized spacial score (nSPS) is 19.6. The first kappa shape index (κ1) is 11.1. The molecule has 1 atom stereocenters. The molecule has 1 aromatic rings. The number of carbonyl (C=O) groups is 1. The minimum Gasteiger partial charge on any atom is -0.355 e. The van der Waals surface area contributed by atoms with E-state index in [2.05, 4.69) is 22.8 Å². The second-order valence-corrected chi connectivity index (χ2v) is 4.22. The van der Waals surface area contributed by atoms with Crippen molar-refractivity contribution < 1.29 is 4.79 Å². The molecule has 16 heavy (non-hydrogen) atoms. The fourth-order valence-electron chi connectivity index (χ4n) is 2.00. The third-order valence-corrected chi connectivity index (χ3v) is 2.99. The van der Waals surface area contributed by atoms with Gasteiger partial charge in [-0.05, 0) is 24.9 Å². The van der Waals surface area contributed by atoms with Crippen molar-refractivity contribution >= 4 is 5.91 Å². The molecule has 1 amide bonds. The van der Waals surface area contributed by atoms with Gasteiger partial charge < -0.3 is 10.6 Å². The zero-order valence-corrected chi connectivity index (χ0v) is 9.41. The van der Waals surface area contributed by atoms with Gasteiger partial charge in [0.2, 0.25) is 5.91 Å². The fraction of sp³-hybridized carbons (Fsp3) is 0.462. The van der Waals surface area contributed by atoms with Crippen LogP contribution in [0.25, 0.3) is 0 Å². The van der Waals surface area contributed by atoms with Gasteiger partial charge in [-0.3, -0.25) is 4.79 Å². The van der Waals surface area contributed by atoms with E-state index in [0.29, 0.717) is 0 Å². The summed E-state index contributed by atoms with van der Waals surface area (Å²) in [6.45, 7) is 2.54. The number of hydrogen-bond acceptors (Lipinski definition) is 2. The van der Waals surface area contributed by atoms with Crippen molar-refractivity contribution in [1.82, 2.24) is 10.6 Å². The molecule has 1 saturated heterocycles. The van der Waals surface area contributed by atoms with E-state index < -0.39 is 0 Å². The Morgan fingerprint density at radius 3 is 2.88 bits per heavy atom. The van der Waals surface area contributed by atoms with Gasteiger partial charge in [-0.15, -0.1) is 0 Å². The first-order valence-corrected chi connectivity index (χ1v) is 5.88. The molecule has 0 spiro atoms. The molecule has 1 heterocycles. The van der Waals surface area contributed by atoms with Crippen LogP contribution in [0.3, 0.4) is 0 Å². The molecule has 2 N–H and O–H groups in total. The summed E-state index contributed by atoms with van der Waals surface area (Å²) in [5.41, 5.74) is 1.27. The summed E-state index contributed by atoms with van der Waals surface area (Å²) < 4.78 is 0. The van der Waals surface area contributed by atoms with Crippen molar-refractivity contribution in [2.75, 3.05) is 19.6 Å². The second kappa shape index (κ2) is 5.66. The van der Waals surface area contributed by atoms with Crippen molar-refractivity contribution in [3.8, 4) is 0 Å². The van der Waals surface area contributed by atoms with Gasteiger partial charge in [0.1, 0.15) is 0 Å². The Kier molecular flexibility index (Phi) is 3.94. The zero-order valence-electron chi connectivity index (χ0n) is 9.41. The van der Waals surface area contributed by atoms with Crippen LogP contribution in [0.4, 0.5) is 0 Å². The Labute approximate surface area is 96.2 Å². The van der Waals surface area contributed by atoms with E-state index in [-0.39, 0.29) is 11.8 Å². The summed E-state index contributed by atoms with van der Waals surface area (Å²) in [6, 6.07) is 10.2. The van der Waals surface area contributed by atoms with Crippen molar-refractivity contribution in [3.05, 3.63) is 35.9 Å². The summed E-state index contributed by atoms with van der Waals surface area (Å²) in [4.78, 5) is 11.7. The summed E-state index contributed by atoms with van der Waals surface area (Å²) in [5, 5.41) is 6.19. The Bertz CT molecular complexity index is 331.